The molecule has 1 aliphatic heterocycles. The monoisotopic (exact) mass is 279 g/mol. The molecule has 0 spiro atoms. The summed E-state index contributed by atoms with van der Waals surface area (Å²) in [7, 11) is 0. The standard InChI is InChI=1S/C14H21N3O3/c15-16-14(19)11-3-5-13(6-4-11)20-9-8-17-7-1-2-12(18)10-17/h3-6,12,18H,1-2,7-10,15H2,(H,16,19). The highest BCUT2D eigenvalue weighted by molar-refractivity contribution is 5.93. The number of carbonyl (C=O) groups excluding carboxylic acids is 1. The van der Waals surface area contributed by atoms with Gasteiger partial charge >= 0.3 is 0 Å². The van der Waals surface area contributed by atoms with E-state index >= 15 is 0 Å². The number of hydrogen-bond donors (Lipinski definition) is 3. The lowest BCUT2D eigenvalue weighted by Crippen LogP contribution is -2.40. The van der Waals surface area contributed by atoms with Crippen molar-refractivity contribution in [1.29, 1.82) is 0 Å². The lowest BCUT2D eigenvalue weighted by Gasteiger charge is -2.29. The maximum Gasteiger partial charge on any atom is 0.265 e. The molecule has 1 atom stereocenters. The number of aliphatic hydroxyl groups is 1. The first kappa shape index (κ1) is 14.8. The molecule has 0 radical (unpaired) electrons. The van der Waals surface area contributed by atoms with Gasteiger partial charge in [-0.2, -0.15) is 0 Å². The molecule has 1 aromatic rings. The lowest BCUT2D eigenvalue weighted by atomic mass is 10.1. The number of likely N-dealkylation sites (tertiary alicyclic amines) is 1. The Hall–Kier alpha value is -1.63. The highest BCUT2D eigenvalue weighted by Gasteiger charge is 2.16. The Balaban J connectivity index is 1.75. The number of hydrazine groups is 1. The molecule has 2 rings (SSSR count). The van der Waals surface area contributed by atoms with Crippen LogP contribution in [0.25, 0.3) is 0 Å². The summed E-state index contributed by atoms with van der Waals surface area (Å²) < 4.78 is 5.63. The van der Waals surface area contributed by atoms with E-state index in [0.29, 0.717) is 12.2 Å². The molecule has 1 aliphatic rings. The number of nitrogen functional groups attached to an aromatic ring is 1. The van der Waals surface area contributed by atoms with Crippen molar-refractivity contribution in [2.24, 2.45) is 5.84 Å². The van der Waals surface area contributed by atoms with Crippen LogP contribution in [0.4, 0.5) is 0 Å². The van der Waals surface area contributed by atoms with E-state index in [-0.39, 0.29) is 12.0 Å². The fourth-order valence-electron chi connectivity index (χ4n) is 2.31. The normalized spacial score (nSPS) is 19.6. The lowest BCUT2D eigenvalue weighted by molar-refractivity contribution is 0.0633. The zero-order valence-corrected chi connectivity index (χ0v) is 11.4. The Kier molecular flexibility index (Phi) is 5.34. The van der Waals surface area contributed by atoms with E-state index in [1.807, 2.05) is 0 Å². The molecule has 1 fully saturated rings. The maximum atomic E-state index is 11.3. The largest absolute Gasteiger partial charge is 0.492 e. The molecule has 0 aliphatic carbocycles. The topological polar surface area (TPSA) is 87.8 Å². The van der Waals surface area contributed by atoms with Crippen molar-refractivity contribution in [3.05, 3.63) is 29.8 Å². The smallest absolute Gasteiger partial charge is 0.265 e. The molecule has 0 bridgehead atoms. The highest BCUT2D eigenvalue weighted by atomic mass is 16.5. The summed E-state index contributed by atoms with van der Waals surface area (Å²) in [5.74, 6) is 5.46. The summed E-state index contributed by atoms with van der Waals surface area (Å²) in [5, 5.41) is 9.57. The van der Waals surface area contributed by atoms with E-state index in [4.69, 9.17) is 10.6 Å². The zero-order valence-electron chi connectivity index (χ0n) is 11.4. The third-order valence-electron chi connectivity index (χ3n) is 3.40. The average molecular weight is 279 g/mol. The van der Waals surface area contributed by atoms with Gasteiger partial charge in [0.05, 0.1) is 6.10 Å². The second-order valence-electron chi connectivity index (χ2n) is 4.94. The van der Waals surface area contributed by atoms with Crippen LogP contribution < -0.4 is 16.0 Å². The van der Waals surface area contributed by atoms with Crippen molar-refractivity contribution >= 4 is 5.91 Å². The molecule has 1 saturated heterocycles. The van der Waals surface area contributed by atoms with E-state index in [1.54, 1.807) is 24.3 Å². The fourth-order valence-corrected chi connectivity index (χ4v) is 2.31. The van der Waals surface area contributed by atoms with Crippen LogP contribution in [0.2, 0.25) is 0 Å². The van der Waals surface area contributed by atoms with Crippen molar-refractivity contribution in [3.8, 4) is 5.75 Å². The van der Waals surface area contributed by atoms with Gasteiger partial charge in [0.1, 0.15) is 12.4 Å². The number of ether oxygens (including phenoxy) is 1. The second kappa shape index (κ2) is 7.23. The molecule has 20 heavy (non-hydrogen) atoms. The minimum Gasteiger partial charge on any atom is -0.492 e. The van der Waals surface area contributed by atoms with Gasteiger partial charge in [-0.3, -0.25) is 15.1 Å². The van der Waals surface area contributed by atoms with Crippen LogP contribution in [-0.2, 0) is 0 Å². The van der Waals surface area contributed by atoms with Crippen molar-refractivity contribution in [2.75, 3.05) is 26.2 Å². The van der Waals surface area contributed by atoms with Crippen LogP contribution >= 0.6 is 0 Å². The van der Waals surface area contributed by atoms with E-state index in [9.17, 15) is 9.90 Å². The predicted molar refractivity (Wildman–Crippen MR) is 75.3 cm³/mol. The number of benzene rings is 1. The number of nitrogens with two attached hydrogens (primary N) is 1. The molecule has 1 heterocycles. The number of β-amino-alcohol motifs (C(OH)–C–C–N with tert-alkyl or cyclic N) is 1. The van der Waals surface area contributed by atoms with Crippen molar-refractivity contribution < 1.29 is 14.6 Å². The van der Waals surface area contributed by atoms with Gasteiger partial charge in [0, 0.05) is 18.7 Å². The van der Waals surface area contributed by atoms with Gasteiger partial charge in [0.25, 0.3) is 5.91 Å². The number of aliphatic hydroxyl groups excluding tert-OH is 1. The summed E-state index contributed by atoms with van der Waals surface area (Å²) in [4.78, 5) is 13.5. The Morgan fingerprint density at radius 1 is 1.45 bits per heavy atom. The number of hydrogen-bond acceptors (Lipinski definition) is 5. The van der Waals surface area contributed by atoms with E-state index < -0.39 is 0 Å². The Morgan fingerprint density at radius 3 is 2.85 bits per heavy atom. The quantitative estimate of drug-likeness (QED) is 0.405. The predicted octanol–water partition coefficient (Wildman–Crippen LogP) is 0.126. The van der Waals surface area contributed by atoms with Gasteiger partial charge in [-0.15, -0.1) is 0 Å². The van der Waals surface area contributed by atoms with E-state index in [0.717, 1.165) is 38.2 Å². The van der Waals surface area contributed by atoms with Gasteiger partial charge < -0.3 is 9.84 Å². The third kappa shape index (κ3) is 4.19. The molecule has 1 unspecified atom stereocenters. The number of rotatable bonds is 5. The highest BCUT2D eigenvalue weighted by Crippen LogP contribution is 2.13. The molecule has 0 aromatic heterocycles. The molecule has 1 aromatic carbocycles. The number of carbonyl (C=O) groups is 1. The maximum absolute atomic E-state index is 11.3. The van der Waals surface area contributed by atoms with E-state index in [1.165, 1.54) is 0 Å². The Bertz CT molecular complexity index is 436. The molecule has 6 heteroatoms. The van der Waals surface area contributed by atoms with Crippen molar-refractivity contribution in [1.82, 2.24) is 10.3 Å². The molecule has 6 nitrogen and oxygen atoms in total. The summed E-state index contributed by atoms with van der Waals surface area (Å²) >= 11 is 0. The SMILES string of the molecule is NNC(=O)c1ccc(OCCN2CCCC(O)C2)cc1. The summed E-state index contributed by atoms with van der Waals surface area (Å²) in [5.41, 5.74) is 2.58. The molecular formula is C14H21N3O3. The minimum atomic E-state index is -0.321. The molecular weight excluding hydrogens is 258 g/mol. The third-order valence-corrected chi connectivity index (χ3v) is 3.40. The van der Waals surface area contributed by atoms with Gasteiger partial charge in [-0.05, 0) is 43.7 Å². The summed E-state index contributed by atoms with van der Waals surface area (Å²) in [6, 6.07) is 6.83. The van der Waals surface area contributed by atoms with Gasteiger partial charge in [0.15, 0.2) is 0 Å². The second-order valence-corrected chi connectivity index (χ2v) is 4.94. The Labute approximate surface area is 118 Å². The number of nitrogens with one attached hydrogen (secondary N) is 1. The first-order valence-corrected chi connectivity index (χ1v) is 6.83. The first-order valence-electron chi connectivity index (χ1n) is 6.83. The minimum absolute atomic E-state index is 0.210. The van der Waals surface area contributed by atoms with Gasteiger partial charge in [-0.25, -0.2) is 5.84 Å². The molecule has 4 N–H and O–H groups in total. The Morgan fingerprint density at radius 2 is 2.20 bits per heavy atom. The average Bonchev–Trinajstić information content (AvgIpc) is 2.47. The van der Waals surface area contributed by atoms with Crippen LogP contribution in [0.1, 0.15) is 23.2 Å². The van der Waals surface area contributed by atoms with Crippen LogP contribution in [0.15, 0.2) is 24.3 Å². The molecule has 1 amide bonds. The van der Waals surface area contributed by atoms with Crippen molar-refractivity contribution in [2.45, 2.75) is 18.9 Å². The molecule has 0 saturated carbocycles. The number of nitrogens with zero attached hydrogens (tertiary/aromatic N) is 1. The van der Waals surface area contributed by atoms with Crippen molar-refractivity contribution in [3.63, 3.8) is 0 Å². The summed E-state index contributed by atoms with van der Waals surface area (Å²) in [6.07, 6.45) is 1.71. The van der Waals surface area contributed by atoms with Gasteiger partial charge in [-0.1, -0.05) is 0 Å². The van der Waals surface area contributed by atoms with Crippen LogP contribution in [-0.4, -0.2) is 48.3 Å². The van der Waals surface area contributed by atoms with E-state index in [2.05, 4.69) is 10.3 Å². The number of amides is 1. The van der Waals surface area contributed by atoms with Crippen LogP contribution in [0, 0.1) is 0 Å². The van der Waals surface area contributed by atoms with Crippen LogP contribution in [0.3, 0.4) is 0 Å². The summed E-state index contributed by atoms with van der Waals surface area (Å²) in [6.45, 7) is 3.09. The number of piperidine rings is 1. The zero-order chi connectivity index (χ0) is 14.4. The van der Waals surface area contributed by atoms with Gasteiger partial charge in [0.2, 0.25) is 0 Å². The van der Waals surface area contributed by atoms with Crippen LogP contribution in [0.5, 0.6) is 5.75 Å². The fraction of sp³-hybridized carbons (Fsp3) is 0.500. The molecule has 110 valence electrons. The first-order chi connectivity index (χ1) is 9.69.